The molecule has 32 heavy (non-hydrogen) atoms. The fourth-order valence-electron chi connectivity index (χ4n) is 2.91. The maximum absolute atomic E-state index is 12.6. The number of ether oxygens (including phenoxy) is 3. The van der Waals surface area contributed by atoms with Gasteiger partial charge in [0.05, 0.1) is 24.8 Å². The molecule has 0 unspecified atom stereocenters. The first kappa shape index (κ1) is 23.0. The Labute approximate surface area is 187 Å². The van der Waals surface area contributed by atoms with Gasteiger partial charge in [0.1, 0.15) is 17.2 Å². The lowest BCUT2D eigenvalue weighted by atomic mass is 10.2. The van der Waals surface area contributed by atoms with Gasteiger partial charge in [-0.05, 0) is 55.0 Å². The van der Waals surface area contributed by atoms with Crippen LogP contribution in [0, 0.1) is 6.92 Å². The summed E-state index contributed by atoms with van der Waals surface area (Å²) in [5, 5.41) is 2.71. The molecular formula is C23H24N2O6S. The van der Waals surface area contributed by atoms with Crippen LogP contribution in [-0.2, 0) is 14.8 Å². The summed E-state index contributed by atoms with van der Waals surface area (Å²) in [4.78, 5) is 12.5. The van der Waals surface area contributed by atoms with E-state index < -0.39 is 15.9 Å². The molecule has 0 radical (unpaired) electrons. The van der Waals surface area contributed by atoms with Crippen LogP contribution in [0.25, 0.3) is 0 Å². The first-order chi connectivity index (χ1) is 15.3. The second-order valence-corrected chi connectivity index (χ2v) is 8.48. The van der Waals surface area contributed by atoms with E-state index in [2.05, 4.69) is 10.0 Å². The number of methoxy groups -OCH3 is 2. The fourth-order valence-corrected chi connectivity index (χ4v) is 4.06. The zero-order valence-corrected chi connectivity index (χ0v) is 18.7. The van der Waals surface area contributed by atoms with Gasteiger partial charge in [-0.2, -0.15) is 0 Å². The van der Waals surface area contributed by atoms with E-state index in [-0.39, 0.29) is 11.5 Å². The third-order valence-electron chi connectivity index (χ3n) is 4.52. The third kappa shape index (κ3) is 5.70. The second kappa shape index (κ2) is 10.1. The molecule has 0 atom stereocenters. The molecule has 1 amide bonds. The van der Waals surface area contributed by atoms with Gasteiger partial charge in [-0.1, -0.05) is 18.2 Å². The van der Waals surface area contributed by atoms with Crippen LogP contribution < -0.4 is 24.2 Å². The Bertz CT molecular complexity index is 1200. The topological polar surface area (TPSA) is 103 Å². The molecule has 0 heterocycles. The second-order valence-electron chi connectivity index (χ2n) is 6.80. The van der Waals surface area contributed by atoms with Gasteiger partial charge in [0.2, 0.25) is 0 Å². The zero-order chi connectivity index (χ0) is 23.1. The van der Waals surface area contributed by atoms with Crippen molar-refractivity contribution in [1.29, 1.82) is 0 Å². The van der Waals surface area contributed by atoms with Crippen molar-refractivity contribution < 1.29 is 27.4 Å². The zero-order valence-electron chi connectivity index (χ0n) is 17.9. The number of hydrogen-bond acceptors (Lipinski definition) is 6. The van der Waals surface area contributed by atoms with Crippen molar-refractivity contribution in [2.75, 3.05) is 30.9 Å². The van der Waals surface area contributed by atoms with E-state index in [4.69, 9.17) is 14.2 Å². The number of hydrogen-bond donors (Lipinski definition) is 2. The number of carbonyl (C=O) groups is 1. The van der Waals surface area contributed by atoms with Crippen molar-refractivity contribution in [2.24, 2.45) is 0 Å². The summed E-state index contributed by atoms with van der Waals surface area (Å²) in [6, 6.07) is 18.1. The number of carbonyl (C=O) groups excluding carboxylic acids is 1. The Morgan fingerprint density at radius 3 is 2.28 bits per heavy atom. The van der Waals surface area contributed by atoms with E-state index >= 15 is 0 Å². The van der Waals surface area contributed by atoms with Gasteiger partial charge < -0.3 is 19.5 Å². The molecule has 2 N–H and O–H groups in total. The van der Waals surface area contributed by atoms with Gasteiger partial charge in [-0.3, -0.25) is 9.52 Å². The minimum atomic E-state index is -3.75. The predicted octanol–water partition coefficient (Wildman–Crippen LogP) is 3.83. The van der Waals surface area contributed by atoms with Crippen molar-refractivity contribution >= 4 is 27.3 Å². The number of sulfonamides is 1. The van der Waals surface area contributed by atoms with E-state index in [1.165, 1.54) is 32.4 Å². The van der Waals surface area contributed by atoms with Crippen LogP contribution in [0.3, 0.4) is 0 Å². The maximum Gasteiger partial charge on any atom is 0.262 e. The first-order valence-electron chi connectivity index (χ1n) is 9.65. The van der Waals surface area contributed by atoms with Gasteiger partial charge >= 0.3 is 0 Å². The highest BCUT2D eigenvalue weighted by molar-refractivity contribution is 7.92. The molecule has 0 saturated heterocycles. The highest BCUT2D eigenvalue weighted by atomic mass is 32.2. The molecule has 0 fully saturated rings. The van der Waals surface area contributed by atoms with Crippen LogP contribution in [0.5, 0.6) is 17.2 Å². The highest BCUT2D eigenvalue weighted by Gasteiger charge is 2.16. The number of amides is 1. The summed E-state index contributed by atoms with van der Waals surface area (Å²) in [6.07, 6.45) is 0. The smallest absolute Gasteiger partial charge is 0.262 e. The van der Waals surface area contributed by atoms with Crippen LogP contribution in [0.2, 0.25) is 0 Å². The summed E-state index contributed by atoms with van der Waals surface area (Å²) < 4.78 is 43.7. The minimum Gasteiger partial charge on any atom is -0.497 e. The van der Waals surface area contributed by atoms with Crippen LogP contribution in [-0.4, -0.2) is 35.2 Å². The quantitative estimate of drug-likeness (QED) is 0.507. The molecule has 8 nitrogen and oxygen atoms in total. The molecule has 0 aromatic heterocycles. The number of para-hydroxylation sites is 1. The van der Waals surface area contributed by atoms with Crippen molar-refractivity contribution in [1.82, 2.24) is 0 Å². The summed E-state index contributed by atoms with van der Waals surface area (Å²) in [5.74, 6) is 1.05. The molecule has 0 bridgehead atoms. The van der Waals surface area contributed by atoms with Crippen LogP contribution >= 0.6 is 0 Å². The average molecular weight is 457 g/mol. The Kier molecular flexibility index (Phi) is 7.21. The molecule has 0 aliphatic heterocycles. The number of anilines is 2. The summed E-state index contributed by atoms with van der Waals surface area (Å²) >= 11 is 0. The summed E-state index contributed by atoms with van der Waals surface area (Å²) in [6.45, 7) is 1.44. The molecule has 168 valence electrons. The van der Waals surface area contributed by atoms with Gasteiger partial charge in [0.25, 0.3) is 15.9 Å². The predicted molar refractivity (Wildman–Crippen MR) is 122 cm³/mol. The summed E-state index contributed by atoms with van der Waals surface area (Å²) in [7, 11) is -0.724. The first-order valence-corrected chi connectivity index (χ1v) is 11.1. The number of benzene rings is 3. The molecule has 3 aromatic carbocycles. The standard InChI is InChI=1S/C23H24N2O6S/c1-16-13-19(32(27,28)25-17-7-5-4-6-8-17)10-12-21(16)31-15-23(26)24-20-14-18(29-2)9-11-22(20)30-3/h4-14,25H,15H2,1-3H3,(H,24,26). The van der Waals surface area contributed by atoms with Crippen molar-refractivity contribution in [3.8, 4) is 17.2 Å². The van der Waals surface area contributed by atoms with E-state index in [0.717, 1.165) is 0 Å². The van der Waals surface area contributed by atoms with Crippen LogP contribution in [0.15, 0.2) is 71.6 Å². The molecule has 3 aromatic rings. The van der Waals surface area contributed by atoms with E-state index in [0.29, 0.717) is 34.2 Å². The average Bonchev–Trinajstić information content (AvgIpc) is 2.78. The monoisotopic (exact) mass is 456 g/mol. The summed E-state index contributed by atoms with van der Waals surface area (Å²) in [5.41, 5.74) is 1.49. The lowest BCUT2D eigenvalue weighted by Crippen LogP contribution is -2.21. The van der Waals surface area contributed by atoms with Crippen molar-refractivity contribution in [3.63, 3.8) is 0 Å². The van der Waals surface area contributed by atoms with E-state index in [1.54, 1.807) is 55.5 Å². The minimum absolute atomic E-state index is 0.0942. The Morgan fingerprint density at radius 2 is 1.62 bits per heavy atom. The van der Waals surface area contributed by atoms with Gasteiger partial charge in [0, 0.05) is 11.8 Å². The van der Waals surface area contributed by atoms with E-state index in [1.807, 2.05) is 0 Å². The fraction of sp³-hybridized carbons (Fsp3) is 0.174. The normalized spacial score (nSPS) is 10.8. The van der Waals surface area contributed by atoms with Crippen LogP contribution in [0.1, 0.15) is 5.56 Å². The lowest BCUT2D eigenvalue weighted by molar-refractivity contribution is -0.118. The number of nitrogens with one attached hydrogen (secondary N) is 2. The molecule has 0 aliphatic rings. The van der Waals surface area contributed by atoms with Gasteiger partial charge in [0.15, 0.2) is 6.61 Å². The van der Waals surface area contributed by atoms with Gasteiger partial charge in [-0.15, -0.1) is 0 Å². The van der Waals surface area contributed by atoms with Crippen molar-refractivity contribution in [3.05, 3.63) is 72.3 Å². The Hall–Kier alpha value is -3.72. The molecule has 3 rings (SSSR count). The Balaban J connectivity index is 1.66. The number of rotatable bonds is 9. The maximum atomic E-state index is 12.6. The molecular weight excluding hydrogens is 432 g/mol. The highest BCUT2D eigenvalue weighted by Crippen LogP contribution is 2.29. The SMILES string of the molecule is COc1ccc(OC)c(NC(=O)COc2ccc(S(=O)(=O)Nc3ccccc3)cc2C)c1. The molecule has 0 aliphatic carbocycles. The largest absolute Gasteiger partial charge is 0.497 e. The molecule has 9 heteroatoms. The lowest BCUT2D eigenvalue weighted by Gasteiger charge is -2.14. The third-order valence-corrected chi connectivity index (χ3v) is 5.90. The van der Waals surface area contributed by atoms with Crippen molar-refractivity contribution in [2.45, 2.75) is 11.8 Å². The molecule has 0 saturated carbocycles. The number of aryl methyl sites for hydroxylation is 1. The molecule has 0 spiro atoms. The van der Waals surface area contributed by atoms with Gasteiger partial charge in [-0.25, -0.2) is 8.42 Å². The van der Waals surface area contributed by atoms with Crippen LogP contribution in [0.4, 0.5) is 11.4 Å². The Morgan fingerprint density at radius 1 is 0.906 bits per heavy atom. The van der Waals surface area contributed by atoms with E-state index in [9.17, 15) is 13.2 Å².